The minimum atomic E-state index is -0.270. The standard InChI is InChI=1S/C15H13ClN6O/c1-10-5-13(22(2)21-10)9-23-15-4-3-11(6-14(15)16)19-20-12(7-17)8-18/h3-6,19H,9H2,1-2H3. The highest BCUT2D eigenvalue weighted by molar-refractivity contribution is 6.32. The molecule has 0 radical (unpaired) electrons. The predicted molar refractivity (Wildman–Crippen MR) is 86.0 cm³/mol. The lowest BCUT2D eigenvalue weighted by Crippen LogP contribution is -2.03. The molecule has 1 heterocycles. The number of aryl methyl sites for hydroxylation is 2. The Bertz CT molecular complexity index is 811. The molecule has 2 rings (SSSR count). The maximum Gasteiger partial charge on any atom is 0.237 e. The van der Waals surface area contributed by atoms with Crippen LogP contribution in [-0.2, 0) is 13.7 Å². The molecule has 8 heteroatoms. The van der Waals surface area contributed by atoms with Gasteiger partial charge in [-0.2, -0.15) is 20.7 Å². The molecule has 0 aliphatic carbocycles. The number of hydrogen-bond acceptors (Lipinski definition) is 6. The molecule has 116 valence electrons. The van der Waals surface area contributed by atoms with Gasteiger partial charge in [0.15, 0.2) is 0 Å². The molecule has 0 spiro atoms. The second-order valence-corrected chi connectivity index (χ2v) is 5.04. The van der Waals surface area contributed by atoms with Crippen molar-refractivity contribution in [3.8, 4) is 17.9 Å². The van der Waals surface area contributed by atoms with Crippen LogP contribution in [-0.4, -0.2) is 15.5 Å². The van der Waals surface area contributed by atoms with E-state index in [4.69, 9.17) is 26.9 Å². The maximum absolute atomic E-state index is 8.61. The van der Waals surface area contributed by atoms with Gasteiger partial charge in [0.1, 0.15) is 24.5 Å². The molecule has 0 saturated heterocycles. The third-order valence-corrected chi connectivity index (χ3v) is 3.21. The Morgan fingerprint density at radius 2 is 2.13 bits per heavy atom. The van der Waals surface area contributed by atoms with Gasteiger partial charge in [-0.05, 0) is 31.2 Å². The molecule has 7 nitrogen and oxygen atoms in total. The highest BCUT2D eigenvalue weighted by Gasteiger charge is 2.07. The summed E-state index contributed by atoms with van der Waals surface area (Å²) in [6.45, 7) is 2.25. The Morgan fingerprint density at radius 1 is 1.39 bits per heavy atom. The van der Waals surface area contributed by atoms with Crippen molar-refractivity contribution in [2.45, 2.75) is 13.5 Å². The van der Waals surface area contributed by atoms with Gasteiger partial charge in [0, 0.05) is 7.05 Å². The molecule has 1 aromatic carbocycles. The lowest BCUT2D eigenvalue weighted by atomic mass is 10.3. The van der Waals surface area contributed by atoms with Crippen LogP contribution in [0, 0.1) is 29.6 Å². The molecule has 0 atom stereocenters. The molecule has 2 aromatic rings. The van der Waals surface area contributed by atoms with E-state index in [0.717, 1.165) is 11.4 Å². The highest BCUT2D eigenvalue weighted by Crippen LogP contribution is 2.28. The van der Waals surface area contributed by atoms with Gasteiger partial charge in [-0.25, -0.2) is 0 Å². The Labute approximate surface area is 138 Å². The van der Waals surface area contributed by atoms with E-state index >= 15 is 0 Å². The first kappa shape index (κ1) is 16.3. The van der Waals surface area contributed by atoms with E-state index in [0.29, 0.717) is 23.1 Å². The summed E-state index contributed by atoms with van der Waals surface area (Å²) in [7, 11) is 1.85. The number of halogens is 1. The van der Waals surface area contributed by atoms with Crippen LogP contribution >= 0.6 is 11.6 Å². The van der Waals surface area contributed by atoms with Gasteiger partial charge < -0.3 is 4.74 Å². The van der Waals surface area contributed by atoms with E-state index in [1.54, 1.807) is 35.0 Å². The van der Waals surface area contributed by atoms with Crippen LogP contribution in [0.5, 0.6) is 5.75 Å². The number of nitriles is 2. The van der Waals surface area contributed by atoms with E-state index in [1.165, 1.54) is 0 Å². The molecule has 0 fully saturated rings. The molecule has 0 aliphatic heterocycles. The predicted octanol–water partition coefficient (Wildman–Crippen LogP) is 2.78. The van der Waals surface area contributed by atoms with Crippen LogP contribution in [0.2, 0.25) is 5.02 Å². The van der Waals surface area contributed by atoms with Crippen molar-refractivity contribution in [3.63, 3.8) is 0 Å². The van der Waals surface area contributed by atoms with Gasteiger partial charge in [0.2, 0.25) is 5.71 Å². The number of nitrogens with one attached hydrogen (secondary N) is 1. The number of ether oxygens (including phenoxy) is 1. The largest absolute Gasteiger partial charge is 0.486 e. The van der Waals surface area contributed by atoms with Crippen molar-refractivity contribution in [1.29, 1.82) is 10.5 Å². The third kappa shape index (κ3) is 4.22. The van der Waals surface area contributed by atoms with Crippen LogP contribution in [0.1, 0.15) is 11.4 Å². The molecular formula is C15H13ClN6O. The first-order chi connectivity index (χ1) is 11.0. The van der Waals surface area contributed by atoms with Gasteiger partial charge in [0.25, 0.3) is 0 Å². The smallest absolute Gasteiger partial charge is 0.237 e. The summed E-state index contributed by atoms with van der Waals surface area (Å²) >= 11 is 6.16. The zero-order chi connectivity index (χ0) is 16.8. The quantitative estimate of drug-likeness (QED) is 0.672. The molecule has 1 N–H and O–H groups in total. The van der Waals surface area contributed by atoms with Gasteiger partial charge >= 0.3 is 0 Å². The summed E-state index contributed by atoms with van der Waals surface area (Å²) in [5.74, 6) is 0.515. The number of nitrogens with zero attached hydrogens (tertiary/aromatic N) is 5. The maximum atomic E-state index is 8.61. The third-order valence-electron chi connectivity index (χ3n) is 2.91. The molecule has 0 saturated carbocycles. The zero-order valence-corrected chi connectivity index (χ0v) is 13.3. The number of hydrogen-bond donors (Lipinski definition) is 1. The number of benzene rings is 1. The average molecular weight is 329 g/mol. The van der Waals surface area contributed by atoms with Gasteiger partial charge in [0.05, 0.1) is 22.1 Å². The molecule has 23 heavy (non-hydrogen) atoms. The number of aromatic nitrogens is 2. The molecule has 0 unspecified atom stereocenters. The van der Waals surface area contributed by atoms with Crippen molar-refractivity contribution in [1.82, 2.24) is 9.78 Å². The SMILES string of the molecule is Cc1cc(COc2ccc(NN=C(C#N)C#N)cc2Cl)n(C)n1. The summed E-state index contributed by atoms with van der Waals surface area (Å²) in [4.78, 5) is 0. The van der Waals surface area contributed by atoms with Crippen LogP contribution in [0.15, 0.2) is 29.4 Å². The Kier molecular flexibility index (Phi) is 5.19. The first-order valence-corrected chi connectivity index (χ1v) is 6.97. The summed E-state index contributed by atoms with van der Waals surface area (Å²) in [6, 6.07) is 10.2. The minimum absolute atomic E-state index is 0.270. The topological polar surface area (TPSA) is 99.0 Å². The van der Waals surface area contributed by atoms with Crippen LogP contribution < -0.4 is 10.2 Å². The molecule has 0 amide bonds. The average Bonchev–Trinajstić information content (AvgIpc) is 2.85. The van der Waals surface area contributed by atoms with Crippen molar-refractivity contribution >= 4 is 23.0 Å². The summed E-state index contributed by atoms with van der Waals surface area (Å²) in [6.07, 6.45) is 0. The first-order valence-electron chi connectivity index (χ1n) is 6.59. The lowest BCUT2D eigenvalue weighted by molar-refractivity contribution is 0.295. The Morgan fingerprint density at radius 3 is 2.70 bits per heavy atom. The second kappa shape index (κ2) is 7.30. The van der Waals surface area contributed by atoms with E-state index < -0.39 is 0 Å². The summed E-state index contributed by atoms with van der Waals surface area (Å²) in [5.41, 5.74) is 4.71. The molecule has 0 aliphatic rings. The van der Waals surface area contributed by atoms with E-state index in [9.17, 15) is 0 Å². The number of anilines is 1. The van der Waals surface area contributed by atoms with Crippen molar-refractivity contribution in [2.24, 2.45) is 12.1 Å². The van der Waals surface area contributed by atoms with Gasteiger partial charge in [-0.1, -0.05) is 11.6 Å². The monoisotopic (exact) mass is 328 g/mol. The Hall–Kier alpha value is -3.03. The van der Waals surface area contributed by atoms with Gasteiger partial charge in [-0.15, -0.1) is 0 Å². The lowest BCUT2D eigenvalue weighted by Gasteiger charge is -2.09. The Balaban J connectivity index is 2.05. The number of rotatable bonds is 5. The summed E-state index contributed by atoms with van der Waals surface area (Å²) in [5, 5.41) is 25.5. The van der Waals surface area contributed by atoms with E-state index in [-0.39, 0.29) is 5.71 Å². The highest BCUT2D eigenvalue weighted by atomic mass is 35.5. The fraction of sp³-hybridized carbons (Fsp3) is 0.200. The normalized spacial score (nSPS) is 9.61. The van der Waals surface area contributed by atoms with Crippen molar-refractivity contribution in [2.75, 3.05) is 5.43 Å². The minimum Gasteiger partial charge on any atom is -0.486 e. The van der Waals surface area contributed by atoms with Crippen LogP contribution in [0.25, 0.3) is 0 Å². The van der Waals surface area contributed by atoms with Crippen molar-refractivity contribution < 1.29 is 4.74 Å². The molecule has 0 bridgehead atoms. The van der Waals surface area contributed by atoms with Crippen molar-refractivity contribution in [3.05, 3.63) is 40.7 Å². The number of hydrazone groups is 1. The van der Waals surface area contributed by atoms with E-state index in [1.807, 2.05) is 20.0 Å². The van der Waals surface area contributed by atoms with Crippen LogP contribution in [0.3, 0.4) is 0 Å². The molecule has 1 aromatic heterocycles. The van der Waals surface area contributed by atoms with Gasteiger partial charge in [-0.3, -0.25) is 10.1 Å². The fourth-order valence-corrected chi connectivity index (χ4v) is 2.07. The van der Waals surface area contributed by atoms with E-state index in [2.05, 4.69) is 15.6 Å². The van der Waals surface area contributed by atoms with Crippen LogP contribution in [0.4, 0.5) is 5.69 Å². The fourth-order valence-electron chi connectivity index (χ4n) is 1.83. The zero-order valence-electron chi connectivity index (χ0n) is 12.5. The second-order valence-electron chi connectivity index (χ2n) is 4.63. The summed E-state index contributed by atoms with van der Waals surface area (Å²) < 4.78 is 7.43. The molecular weight excluding hydrogens is 316 g/mol.